The number of anilines is 1. The SMILES string of the molecule is O=C1CCc2cc(C=CC(=O)N3CC=C(c4ncccn4)CC3)cnc2N1. The molecule has 2 aromatic heterocycles. The van der Waals surface area contributed by atoms with E-state index in [9.17, 15) is 9.59 Å². The lowest BCUT2D eigenvalue weighted by atomic mass is 10.0. The van der Waals surface area contributed by atoms with Crippen LogP contribution in [0.1, 0.15) is 29.8 Å². The molecule has 7 heteroatoms. The molecule has 0 spiro atoms. The van der Waals surface area contributed by atoms with Crippen LogP contribution in [-0.4, -0.2) is 44.8 Å². The Morgan fingerprint density at radius 2 is 2.00 bits per heavy atom. The molecule has 0 aromatic carbocycles. The fourth-order valence-electron chi connectivity index (χ4n) is 3.18. The molecule has 136 valence electrons. The lowest BCUT2D eigenvalue weighted by molar-refractivity contribution is -0.125. The van der Waals surface area contributed by atoms with Crippen molar-refractivity contribution in [3.8, 4) is 0 Å². The molecule has 2 amide bonds. The molecule has 4 heterocycles. The number of hydrogen-bond donors (Lipinski definition) is 1. The molecule has 7 nitrogen and oxygen atoms in total. The lowest BCUT2D eigenvalue weighted by Gasteiger charge is -2.24. The maximum atomic E-state index is 12.4. The molecule has 0 unspecified atom stereocenters. The third-order valence-electron chi connectivity index (χ3n) is 4.66. The summed E-state index contributed by atoms with van der Waals surface area (Å²) in [7, 11) is 0. The summed E-state index contributed by atoms with van der Waals surface area (Å²) in [5, 5.41) is 2.76. The van der Waals surface area contributed by atoms with Gasteiger partial charge in [-0.2, -0.15) is 0 Å². The van der Waals surface area contributed by atoms with E-state index in [1.54, 1.807) is 41.7 Å². The van der Waals surface area contributed by atoms with Gasteiger partial charge in [0.25, 0.3) is 0 Å². The predicted molar refractivity (Wildman–Crippen MR) is 101 cm³/mol. The molecule has 2 aliphatic rings. The van der Waals surface area contributed by atoms with Crippen molar-refractivity contribution in [1.82, 2.24) is 19.9 Å². The van der Waals surface area contributed by atoms with E-state index in [2.05, 4.69) is 20.3 Å². The highest BCUT2D eigenvalue weighted by atomic mass is 16.2. The van der Waals surface area contributed by atoms with Crippen molar-refractivity contribution in [2.24, 2.45) is 0 Å². The Labute approximate surface area is 156 Å². The first kappa shape index (κ1) is 17.1. The number of nitrogens with one attached hydrogen (secondary N) is 1. The Hall–Kier alpha value is -3.35. The molecular formula is C20H19N5O2. The van der Waals surface area contributed by atoms with E-state index < -0.39 is 0 Å². The van der Waals surface area contributed by atoms with E-state index in [1.165, 1.54) is 0 Å². The van der Waals surface area contributed by atoms with Gasteiger partial charge in [0.2, 0.25) is 11.8 Å². The van der Waals surface area contributed by atoms with Crippen molar-refractivity contribution in [2.45, 2.75) is 19.3 Å². The molecule has 0 saturated heterocycles. The molecule has 0 atom stereocenters. The van der Waals surface area contributed by atoms with Crippen LogP contribution in [0.4, 0.5) is 5.82 Å². The van der Waals surface area contributed by atoms with Crippen molar-refractivity contribution in [3.63, 3.8) is 0 Å². The van der Waals surface area contributed by atoms with E-state index in [0.717, 1.165) is 28.9 Å². The number of nitrogens with zero attached hydrogens (tertiary/aromatic N) is 4. The van der Waals surface area contributed by atoms with E-state index in [-0.39, 0.29) is 11.8 Å². The number of aryl methyl sites for hydroxylation is 1. The monoisotopic (exact) mass is 361 g/mol. The average molecular weight is 361 g/mol. The van der Waals surface area contributed by atoms with Crippen LogP contribution in [0.25, 0.3) is 11.6 Å². The van der Waals surface area contributed by atoms with Gasteiger partial charge in [-0.15, -0.1) is 0 Å². The Morgan fingerprint density at radius 3 is 2.78 bits per heavy atom. The van der Waals surface area contributed by atoms with Crippen LogP contribution in [0.5, 0.6) is 0 Å². The lowest BCUT2D eigenvalue weighted by Crippen LogP contribution is -2.33. The van der Waals surface area contributed by atoms with Crippen molar-refractivity contribution >= 4 is 29.3 Å². The standard InChI is InChI=1S/C20H19N5O2/c26-17-4-3-16-12-14(13-23-20(16)24-17)2-5-18(27)25-10-6-15(7-11-25)19-21-8-1-9-22-19/h1-2,5-6,8-9,12-13H,3-4,7,10-11H2,(H,23,24,26). The molecule has 4 rings (SSSR count). The Balaban J connectivity index is 1.40. The van der Waals surface area contributed by atoms with Crippen LogP contribution in [-0.2, 0) is 16.0 Å². The highest BCUT2D eigenvalue weighted by Crippen LogP contribution is 2.22. The van der Waals surface area contributed by atoms with Gasteiger partial charge in [-0.25, -0.2) is 15.0 Å². The topological polar surface area (TPSA) is 88.1 Å². The maximum absolute atomic E-state index is 12.4. The van der Waals surface area contributed by atoms with Crippen LogP contribution in [0.2, 0.25) is 0 Å². The first-order chi connectivity index (χ1) is 13.2. The Bertz CT molecular complexity index is 937. The van der Waals surface area contributed by atoms with Crippen LogP contribution in [0.15, 0.2) is 42.9 Å². The van der Waals surface area contributed by atoms with Crippen molar-refractivity contribution in [3.05, 3.63) is 59.8 Å². The highest BCUT2D eigenvalue weighted by molar-refractivity contribution is 5.94. The zero-order chi connectivity index (χ0) is 18.6. The van der Waals surface area contributed by atoms with Gasteiger partial charge in [-0.3, -0.25) is 9.59 Å². The number of fused-ring (bicyclic) bond motifs is 1. The number of aromatic nitrogens is 3. The minimum atomic E-state index is -0.0368. The molecule has 0 fully saturated rings. The van der Waals surface area contributed by atoms with Gasteiger partial charge in [0.05, 0.1) is 0 Å². The number of rotatable bonds is 3. The number of carbonyl (C=O) groups is 2. The third kappa shape index (κ3) is 3.92. The summed E-state index contributed by atoms with van der Waals surface area (Å²) in [6, 6.07) is 3.75. The molecule has 0 bridgehead atoms. The second-order valence-electron chi connectivity index (χ2n) is 6.49. The van der Waals surface area contributed by atoms with E-state index in [1.807, 2.05) is 12.1 Å². The van der Waals surface area contributed by atoms with Gasteiger partial charge < -0.3 is 10.2 Å². The van der Waals surface area contributed by atoms with Gasteiger partial charge in [0.15, 0.2) is 5.82 Å². The van der Waals surface area contributed by atoms with Gasteiger partial charge in [-0.05, 0) is 47.8 Å². The molecule has 2 aromatic rings. The van der Waals surface area contributed by atoms with Crippen LogP contribution in [0.3, 0.4) is 0 Å². The van der Waals surface area contributed by atoms with Crippen LogP contribution < -0.4 is 5.32 Å². The predicted octanol–water partition coefficient (Wildman–Crippen LogP) is 2.09. The molecule has 2 aliphatic heterocycles. The first-order valence-electron chi connectivity index (χ1n) is 8.91. The van der Waals surface area contributed by atoms with E-state index in [0.29, 0.717) is 31.7 Å². The fraction of sp³-hybridized carbons (Fsp3) is 0.250. The maximum Gasteiger partial charge on any atom is 0.246 e. The van der Waals surface area contributed by atoms with Gasteiger partial charge >= 0.3 is 0 Å². The first-order valence-corrected chi connectivity index (χ1v) is 8.91. The quantitative estimate of drug-likeness (QED) is 0.846. The second kappa shape index (κ2) is 7.49. The molecular weight excluding hydrogens is 342 g/mol. The Kier molecular flexibility index (Phi) is 4.74. The number of amides is 2. The number of pyridine rings is 1. The summed E-state index contributed by atoms with van der Waals surface area (Å²) >= 11 is 0. The molecule has 0 aliphatic carbocycles. The summed E-state index contributed by atoms with van der Waals surface area (Å²) < 4.78 is 0. The smallest absolute Gasteiger partial charge is 0.246 e. The summed E-state index contributed by atoms with van der Waals surface area (Å²) in [5.74, 6) is 1.30. The summed E-state index contributed by atoms with van der Waals surface area (Å²) in [6.45, 7) is 1.19. The van der Waals surface area contributed by atoms with Crippen molar-refractivity contribution < 1.29 is 9.59 Å². The minimum absolute atomic E-state index is 0.00750. The Morgan fingerprint density at radius 1 is 1.15 bits per heavy atom. The molecule has 27 heavy (non-hydrogen) atoms. The summed E-state index contributed by atoms with van der Waals surface area (Å²) in [5.41, 5.74) is 2.92. The fourth-order valence-corrected chi connectivity index (χ4v) is 3.18. The molecule has 1 N–H and O–H groups in total. The summed E-state index contributed by atoms with van der Waals surface area (Å²) in [4.78, 5) is 38.4. The van der Waals surface area contributed by atoms with Crippen molar-refractivity contribution in [2.75, 3.05) is 18.4 Å². The average Bonchev–Trinajstić information content (AvgIpc) is 2.72. The number of carbonyl (C=O) groups excluding carboxylic acids is 2. The molecule has 0 saturated carbocycles. The summed E-state index contributed by atoms with van der Waals surface area (Å²) in [6.07, 6.45) is 12.3. The third-order valence-corrected chi connectivity index (χ3v) is 4.66. The van der Waals surface area contributed by atoms with Crippen LogP contribution in [0, 0.1) is 0 Å². The van der Waals surface area contributed by atoms with Gasteiger partial charge in [-0.1, -0.05) is 6.08 Å². The van der Waals surface area contributed by atoms with E-state index >= 15 is 0 Å². The number of hydrogen-bond acceptors (Lipinski definition) is 5. The van der Waals surface area contributed by atoms with Crippen LogP contribution >= 0.6 is 0 Å². The zero-order valence-electron chi connectivity index (χ0n) is 14.8. The highest BCUT2D eigenvalue weighted by Gasteiger charge is 2.18. The van der Waals surface area contributed by atoms with Crippen molar-refractivity contribution in [1.29, 1.82) is 0 Å². The molecule has 0 radical (unpaired) electrons. The van der Waals surface area contributed by atoms with E-state index in [4.69, 9.17) is 0 Å². The normalized spacial score (nSPS) is 16.7. The second-order valence-corrected chi connectivity index (χ2v) is 6.49. The van der Waals surface area contributed by atoms with Gasteiger partial charge in [0, 0.05) is 44.2 Å². The minimum Gasteiger partial charge on any atom is -0.335 e. The largest absolute Gasteiger partial charge is 0.335 e. The zero-order valence-corrected chi connectivity index (χ0v) is 14.8. The van der Waals surface area contributed by atoms with Gasteiger partial charge in [0.1, 0.15) is 5.82 Å².